The molecular formula is C35H24Pd. The molecule has 0 unspecified atom stereocenters. The predicted molar refractivity (Wildman–Crippen MR) is 152 cm³/mol. The van der Waals surface area contributed by atoms with Crippen LogP contribution in [0.3, 0.4) is 0 Å². The molecule has 0 fully saturated rings. The first-order valence-electron chi connectivity index (χ1n) is 12.2. The van der Waals surface area contributed by atoms with Crippen LogP contribution in [0.2, 0.25) is 0 Å². The summed E-state index contributed by atoms with van der Waals surface area (Å²) in [5.41, 5.74) is 6.54. The van der Waals surface area contributed by atoms with E-state index in [1.807, 2.05) is 0 Å². The van der Waals surface area contributed by atoms with E-state index in [0.717, 1.165) is 0 Å². The van der Waals surface area contributed by atoms with Crippen molar-refractivity contribution < 1.29 is 20.4 Å². The van der Waals surface area contributed by atoms with E-state index < -0.39 is 0 Å². The fourth-order valence-electron chi connectivity index (χ4n) is 5.86. The van der Waals surface area contributed by atoms with Crippen LogP contribution in [0.4, 0.5) is 0 Å². The van der Waals surface area contributed by atoms with Crippen LogP contribution in [-0.2, 0) is 20.4 Å². The topological polar surface area (TPSA) is 0 Å². The summed E-state index contributed by atoms with van der Waals surface area (Å²) >= 11 is 0. The molecule has 0 bridgehead atoms. The van der Waals surface area contributed by atoms with Gasteiger partial charge < -0.3 is 0 Å². The second kappa shape index (κ2) is 9.03. The summed E-state index contributed by atoms with van der Waals surface area (Å²) in [5, 5.41) is 10.4. The molecule has 7 rings (SSSR count). The van der Waals surface area contributed by atoms with Crippen LogP contribution in [-0.4, -0.2) is 0 Å². The number of fused-ring (bicyclic) bond motifs is 4. The maximum absolute atomic E-state index is 2.31. The van der Waals surface area contributed by atoms with E-state index in [9.17, 15) is 0 Å². The normalized spacial score (nSPS) is 11.2. The van der Waals surface area contributed by atoms with Gasteiger partial charge in [-0.2, -0.15) is 0 Å². The Morgan fingerprint density at radius 3 is 1.39 bits per heavy atom. The Morgan fingerprint density at radius 2 is 0.778 bits per heavy atom. The zero-order chi connectivity index (χ0) is 23.4. The van der Waals surface area contributed by atoms with E-state index in [4.69, 9.17) is 0 Å². The van der Waals surface area contributed by atoms with Crippen LogP contribution in [0.25, 0.3) is 65.3 Å². The van der Waals surface area contributed by atoms with Crippen molar-refractivity contribution in [3.8, 4) is 22.3 Å². The zero-order valence-electron chi connectivity index (χ0n) is 19.9. The van der Waals surface area contributed by atoms with Crippen molar-refractivity contribution in [2.75, 3.05) is 0 Å². The third kappa shape index (κ3) is 3.40. The quantitative estimate of drug-likeness (QED) is 0.148. The van der Waals surface area contributed by atoms with E-state index in [1.54, 1.807) is 0 Å². The van der Waals surface area contributed by atoms with Crippen molar-refractivity contribution in [2.45, 2.75) is 6.92 Å². The van der Waals surface area contributed by atoms with Crippen LogP contribution in [0.5, 0.6) is 0 Å². The van der Waals surface area contributed by atoms with Gasteiger partial charge in [0.05, 0.1) is 0 Å². The number of aryl methyl sites for hydroxylation is 1. The smallest absolute Gasteiger partial charge is 0 e. The molecular weight excluding hydrogens is 527 g/mol. The molecule has 0 radical (unpaired) electrons. The van der Waals surface area contributed by atoms with Crippen molar-refractivity contribution in [3.63, 3.8) is 0 Å². The second-order valence-corrected chi connectivity index (χ2v) is 9.35. The summed E-state index contributed by atoms with van der Waals surface area (Å²) in [6, 6.07) is 46.5. The van der Waals surface area contributed by atoms with Crippen LogP contribution in [0.1, 0.15) is 5.56 Å². The fraction of sp³-hybridized carbons (Fsp3) is 0.0286. The molecule has 1 heteroatoms. The van der Waals surface area contributed by atoms with Gasteiger partial charge in [0.25, 0.3) is 0 Å². The molecule has 0 saturated carbocycles. The molecule has 0 atom stereocenters. The van der Waals surface area contributed by atoms with Crippen LogP contribution in [0, 0.1) is 6.92 Å². The Hall–Kier alpha value is -3.76. The third-order valence-corrected chi connectivity index (χ3v) is 7.38. The minimum Gasteiger partial charge on any atom is -0.0616 e. The molecule has 0 saturated heterocycles. The second-order valence-electron chi connectivity index (χ2n) is 9.35. The molecule has 0 aliphatic heterocycles. The van der Waals surface area contributed by atoms with Gasteiger partial charge in [-0.25, -0.2) is 0 Å². The van der Waals surface area contributed by atoms with Gasteiger partial charge in [0.1, 0.15) is 0 Å². The van der Waals surface area contributed by atoms with Gasteiger partial charge in [-0.3, -0.25) is 0 Å². The maximum Gasteiger partial charge on any atom is 0 e. The van der Waals surface area contributed by atoms with Gasteiger partial charge in [0.2, 0.25) is 0 Å². The van der Waals surface area contributed by atoms with Gasteiger partial charge >= 0.3 is 0 Å². The van der Waals surface area contributed by atoms with Crippen molar-refractivity contribution in [3.05, 3.63) is 133 Å². The first-order chi connectivity index (χ1) is 17.3. The van der Waals surface area contributed by atoms with Crippen molar-refractivity contribution in [1.29, 1.82) is 0 Å². The Bertz CT molecular complexity index is 1900. The largest absolute Gasteiger partial charge is 0.0616 e. The van der Waals surface area contributed by atoms with E-state index in [-0.39, 0.29) is 20.4 Å². The Kier molecular flexibility index (Phi) is 5.69. The Morgan fingerprint density at radius 1 is 0.361 bits per heavy atom. The molecule has 0 nitrogen and oxygen atoms in total. The Balaban J connectivity index is 0.00000240. The molecule has 0 aliphatic rings. The molecule has 0 spiro atoms. The Labute approximate surface area is 224 Å². The molecule has 7 aromatic rings. The van der Waals surface area contributed by atoms with Gasteiger partial charge in [0, 0.05) is 20.4 Å². The average molecular weight is 551 g/mol. The molecule has 0 aliphatic carbocycles. The molecule has 174 valence electrons. The fourth-order valence-corrected chi connectivity index (χ4v) is 5.86. The van der Waals surface area contributed by atoms with Gasteiger partial charge in [-0.15, -0.1) is 0 Å². The van der Waals surface area contributed by atoms with E-state index in [2.05, 4.69) is 134 Å². The third-order valence-electron chi connectivity index (χ3n) is 7.38. The van der Waals surface area contributed by atoms with Gasteiger partial charge in [-0.05, 0) is 77.8 Å². The van der Waals surface area contributed by atoms with Crippen LogP contribution < -0.4 is 0 Å². The van der Waals surface area contributed by atoms with Crippen molar-refractivity contribution in [2.24, 2.45) is 0 Å². The number of hydrogen-bond donors (Lipinski definition) is 0. The molecule has 7 aromatic carbocycles. The van der Waals surface area contributed by atoms with Gasteiger partial charge in [0.15, 0.2) is 0 Å². The molecule has 36 heavy (non-hydrogen) atoms. The minimum absolute atomic E-state index is 0. The summed E-state index contributed by atoms with van der Waals surface area (Å²) in [4.78, 5) is 0. The summed E-state index contributed by atoms with van der Waals surface area (Å²) in [6.07, 6.45) is 0. The van der Waals surface area contributed by atoms with Crippen LogP contribution >= 0.6 is 0 Å². The standard InChI is InChI=1S/C35H24.Pd/c1-23-11-8-22-32-33(23)35(29-21-10-15-25-13-3-5-17-27(25)29)31-19-7-6-18-30(31)34(32)28-20-9-14-24-12-2-4-16-26(24)28;/h2-22H,1H3;. The van der Waals surface area contributed by atoms with Crippen molar-refractivity contribution in [1.82, 2.24) is 0 Å². The van der Waals surface area contributed by atoms with Gasteiger partial charge in [-0.1, -0.05) is 127 Å². The zero-order valence-corrected chi connectivity index (χ0v) is 21.5. The molecule has 0 N–H and O–H groups in total. The van der Waals surface area contributed by atoms with Crippen molar-refractivity contribution >= 4 is 43.1 Å². The predicted octanol–water partition coefficient (Wildman–Crippen LogP) is 9.94. The van der Waals surface area contributed by atoms with Crippen LogP contribution in [0.15, 0.2) is 127 Å². The summed E-state index contributed by atoms with van der Waals surface area (Å²) in [5.74, 6) is 0. The first-order valence-corrected chi connectivity index (χ1v) is 12.2. The summed E-state index contributed by atoms with van der Waals surface area (Å²) in [7, 11) is 0. The first kappa shape index (κ1) is 22.7. The number of hydrogen-bond acceptors (Lipinski definition) is 0. The minimum atomic E-state index is 0. The number of rotatable bonds is 2. The monoisotopic (exact) mass is 550 g/mol. The summed E-state index contributed by atoms with van der Waals surface area (Å²) < 4.78 is 0. The maximum atomic E-state index is 2.31. The van der Waals surface area contributed by atoms with E-state index in [1.165, 1.54) is 70.9 Å². The van der Waals surface area contributed by atoms with E-state index >= 15 is 0 Å². The molecule has 0 heterocycles. The number of benzene rings is 7. The average Bonchev–Trinajstić information content (AvgIpc) is 2.91. The SMILES string of the molecule is Cc1cccc2c(-c3cccc4ccccc34)c3ccccc3c(-c3cccc4ccccc34)c12.[Pd]. The molecule has 0 amide bonds. The molecule has 0 aromatic heterocycles. The summed E-state index contributed by atoms with van der Waals surface area (Å²) in [6.45, 7) is 2.25. The van der Waals surface area contributed by atoms with E-state index in [0.29, 0.717) is 0 Å².